The van der Waals surface area contributed by atoms with Gasteiger partial charge in [-0.15, -0.1) is 0 Å². The van der Waals surface area contributed by atoms with Gasteiger partial charge in [0, 0.05) is 12.6 Å². The zero-order chi connectivity index (χ0) is 14.0. The van der Waals surface area contributed by atoms with Crippen LogP contribution < -0.4 is 10.6 Å². The van der Waals surface area contributed by atoms with Gasteiger partial charge in [-0.25, -0.2) is 9.59 Å². The molecule has 1 saturated heterocycles. The summed E-state index contributed by atoms with van der Waals surface area (Å²) in [6, 6.07) is -0.952. The number of carbonyl (C=O) groups excluding carboxylic acids is 1. The second-order valence-electron chi connectivity index (χ2n) is 5.91. The lowest BCUT2D eigenvalue weighted by molar-refractivity contribution is -0.139. The first-order chi connectivity index (χ1) is 8.97. The normalized spacial score (nSPS) is 29.6. The van der Waals surface area contributed by atoms with E-state index in [1.165, 1.54) is 0 Å². The monoisotopic (exact) mass is 269 g/mol. The van der Waals surface area contributed by atoms with Crippen LogP contribution in [0.4, 0.5) is 4.79 Å². The fourth-order valence-electron chi connectivity index (χ4n) is 2.73. The molecule has 2 aliphatic rings. The maximum absolute atomic E-state index is 11.9. The smallest absolute Gasteiger partial charge is 0.326 e. The third-order valence-corrected chi connectivity index (χ3v) is 4.07. The molecular weight excluding hydrogens is 246 g/mol. The standard InChI is InChI=1S/C13H23N3O3/c1-8-7-16(2)6-5-10(8)14-13(19)15-11(12(17)18)9-3-4-9/h8-11H,3-7H2,1-2H3,(H,17,18)(H2,14,15,19). The highest BCUT2D eigenvalue weighted by Gasteiger charge is 2.37. The Kier molecular flexibility index (Phi) is 4.29. The van der Waals surface area contributed by atoms with E-state index in [4.69, 9.17) is 5.11 Å². The molecule has 2 fully saturated rings. The van der Waals surface area contributed by atoms with E-state index in [0.717, 1.165) is 32.4 Å². The molecule has 1 aliphatic heterocycles. The van der Waals surface area contributed by atoms with Gasteiger partial charge in [-0.2, -0.15) is 0 Å². The average molecular weight is 269 g/mol. The van der Waals surface area contributed by atoms with Gasteiger partial charge in [0.15, 0.2) is 0 Å². The Morgan fingerprint density at radius 3 is 2.53 bits per heavy atom. The van der Waals surface area contributed by atoms with Gasteiger partial charge >= 0.3 is 12.0 Å². The molecular formula is C13H23N3O3. The lowest BCUT2D eigenvalue weighted by Gasteiger charge is -2.35. The highest BCUT2D eigenvalue weighted by molar-refractivity contribution is 5.83. The Morgan fingerprint density at radius 1 is 1.32 bits per heavy atom. The largest absolute Gasteiger partial charge is 0.480 e. The Morgan fingerprint density at radius 2 is 2.00 bits per heavy atom. The molecule has 3 unspecified atom stereocenters. The van der Waals surface area contributed by atoms with Crippen molar-refractivity contribution in [2.75, 3.05) is 20.1 Å². The summed E-state index contributed by atoms with van der Waals surface area (Å²) in [7, 11) is 2.07. The van der Waals surface area contributed by atoms with E-state index in [2.05, 4.69) is 29.5 Å². The fraction of sp³-hybridized carbons (Fsp3) is 0.846. The van der Waals surface area contributed by atoms with E-state index in [1.54, 1.807) is 0 Å². The van der Waals surface area contributed by atoms with Gasteiger partial charge < -0.3 is 20.6 Å². The molecule has 2 rings (SSSR count). The number of carboxylic acid groups (broad SMARTS) is 1. The highest BCUT2D eigenvalue weighted by Crippen LogP contribution is 2.32. The zero-order valence-corrected chi connectivity index (χ0v) is 11.6. The van der Waals surface area contributed by atoms with Crippen molar-refractivity contribution in [2.24, 2.45) is 11.8 Å². The van der Waals surface area contributed by atoms with Crippen LogP contribution in [0.15, 0.2) is 0 Å². The Hall–Kier alpha value is -1.30. The predicted molar refractivity (Wildman–Crippen MR) is 70.9 cm³/mol. The molecule has 1 heterocycles. The van der Waals surface area contributed by atoms with E-state index in [1.807, 2.05) is 0 Å². The SMILES string of the molecule is CC1CN(C)CCC1NC(=O)NC(C(=O)O)C1CC1. The lowest BCUT2D eigenvalue weighted by Crippen LogP contribution is -2.54. The molecule has 2 amide bonds. The molecule has 0 bridgehead atoms. The van der Waals surface area contributed by atoms with Crippen LogP contribution in [0.2, 0.25) is 0 Å². The van der Waals surface area contributed by atoms with Gasteiger partial charge in [0.2, 0.25) is 0 Å². The molecule has 0 aromatic rings. The number of piperidine rings is 1. The summed E-state index contributed by atoms with van der Waals surface area (Å²) in [6.07, 6.45) is 2.69. The summed E-state index contributed by atoms with van der Waals surface area (Å²) in [4.78, 5) is 25.2. The summed E-state index contributed by atoms with van der Waals surface area (Å²) in [5, 5.41) is 14.6. The van der Waals surface area contributed by atoms with E-state index < -0.39 is 12.0 Å². The third-order valence-electron chi connectivity index (χ3n) is 4.07. The first-order valence-corrected chi connectivity index (χ1v) is 6.95. The number of carboxylic acids is 1. The first kappa shape index (κ1) is 14.1. The maximum Gasteiger partial charge on any atom is 0.326 e. The predicted octanol–water partition coefficient (Wildman–Crippen LogP) is 0.489. The van der Waals surface area contributed by atoms with Crippen molar-refractivity contribution < 1.29 is 14.7 Å². The van der Waals surface area contributed by atoms with Crippen LogP contribution in [0, 0.1) is 11.8 Å². The molecule has 3 N–H and O–H groups in total. The molecule has 0 radical (unpaired) electrons. The molecule has 6 heteroatoms. The first-order valence-electron chi connectivity index (χ1n) is 6.95. The molecule has 6 nitrogen and oxygen atoms in total. The van der Waals surface area contributed by atoms with Crippen molar-refractivity contribution in [3.63, 3.8) is 0 Å². The Bertz CT molecular complexity index is 357. The van der Waals surface area contributed by atoms with Crippen molar-refractivity contribution in [1.82, 2.24) is 15.5 Å². The minimum absolute atomic E-state index is 0.109. The maximum atomic E-state index is 11.9. The molecule has 19 heavy (non-hydrogen) atoms. The van der Waals surface area contributed by atoms with Crippen molar-refractivity contribution in [3.05, 3.63) is 0 Å². The molecule has 1 saturated carbocycles. The molecule has 0 spiro atoms. The van der Waals surface area contributed by atoms with Gasteiger partial charge in [-0.1, -0.05) is 6.92 Å². The van der Waals surface area contributed by atoms with Crippen LogP contribution in [0.25, 0.3) is 0 Å². The van der Waals surface area contributed by atoms with E-state index in [9.17, 15) is 9.59 Å². The summed E-state index contributed by atoms with van der Waals surface area (Å²) in [5.74, 6) is -0.444. The number of urea groups is 1. The second-order valence-corrected chi connectivity index (χ2v) is 5.91. The van der Waals surface area contributed by atoms with Crippen LogP contribution in [0.3, 0.4) is 0 Å². The Labute approximate surface area is 113 Å². The fourth-order valence-corrected chi connectivity index (χ4v) is 2.73. The van der Waals surface area contributed by atoms with Crippen LogP contribution in [-0.4, -0.2) is 54.2 Å². The highest BCUT2D eigenvalue weighted by atomic mass is 16.4. The van der Waals surface area contributed by atoms with Crippen LogP contribution in [-0.2, 0) is 4.79 Å². The van der Waals surface area contributed by atoms with Gasteiger partial charge in [-0.05, 0) is 44.7 Å². The Balaban J connectivity index is 1.81. The number of nitrogens with one attached hydrogen (secondary N) is 2. The quantitative estimate of drug-likeness (QED) is 0.693. The zero-order valence-electron chi connectivity index (χ0n) is 11.6. The molecule has 0 aromatic carbocycles. The van der Waals surface area contributed by atoms with E-state index in [-0.39, 0.29) is 18.0 Å². The number of carbonyl (C=O) groups is 2. The van der Waals surface area contributed by atoms with Gasteiger partial charge in [0.05, 0.1) is 0 Å². The number of likely N-dealkylation sites (tertiary alicyclic amines) is 1. The third kappa shape index (κ3) is 3.83. The number of rotatable bonds is 4. The summed E-state index contributed by atoms with van der Waals surface area (Å²) in [5.41, 5.74) is 0. The molecule has 1 aliphatic carbocycles. The molecule has 0 aromatic heterocycles. The van der Waals surface area contributed by atoms with Crippen LogP contribution >= 0.6 is 0 Å². The van der Waals surface area contributed by atoms with E-state index in [0.29, 0.717) is 5.92 Å². The van der Waals surface area contributed by atoms with Gasteiger partial charge in [-0.3, -0.25) is 0 Å². The van der Waals surface area contributed by atoms with Crippen molar-refractivity contribution in [1.29, 1.82) is 0 Å². The van der Waals surface area contributed by atoms with Gasteiger partial charge in [0.25, 0.3) is 0 Å². The van der Waals surface area contributed by atoms with Crippen LogP contribution in [0.5, 0.6) is 0 Å². The summed E-state index contributed by atoms with van der Waals surface area (Å²) < 4.78 is 0. The molecule has 108 valence electrons. The summed E-state index contributed by atoms with van der Waals surface area (Å²) in [6.45, 7) is 4.02. The van der Waals surface area contributed by atoms with Crippen molar-refractivity contribution in [2.45, 2.75) is 38.3 Å². The lowest BCUT2D eigenvalue weighted by atomic mass is 9.94. The van der Waals surface area contributed by atoms with Crippen molar-refractivity contribution in [3.8, 4) is 0 Å². The average Bonchev–Trinajstić information content (AvgIpc) is 3.13. The number of hydrogen-bond acceptors (Lipinski definition) is 3. The van der Waals surface area contributed by atoms with Crippen molar-refractivity contribution >= 4 is 12.0 Å². The number of nitrogens with zero attached hydrogens (tertiary/aromatic N) is 1. The number of hydrogen-bond donors (Lipinski definition) is 3. The topological polar surface area (TPSA) is 81.7 Å². The molecule has 3 atom stereocenters. The number of amides is 2. The second kappa shape index (κ2) is 5.77. The number of aliphatic carboxylic acids is 1. The summed E-state index contributed by atoms with van der Waals surface area (Å²) >= 11 is 0. The van der Waals surface area contributed by atoms with Crippen LogP contribution in [0.1, 0.15) is 26.2 Å². The minimum atomic E-state index is -0.936. The minimum Gasteiger partial charge on any atom is -0.480 e. The van der Waals surface area contributed by atoms with E-state index >= 15 is 0 Å². The van der Waals surface area contributed by atoms with Gasteiger partial charge in [0.1, 0.15) is 6.04 Å².